The SMILES string of the molecule is CC=CCCC(C(N)=O)C1C[C@@H](O)C[C@]1(O)/C(O)=C\CCCc1ccoc1C. The summed E-state index contributed by atoms with van der Waals surface area (Å²) in [4.78, 5) is 12.0. The van der Waals surface area contributed by atoms with E-state index >= 15 is 0 Å². The molecule has 0 aromatic carbocycles. The molecule has 1 aromatic heterocycles. The zero-order chi connectivity index (χ0) is 20.7. The van der Waals surface area contributed by atoms with Crippen molar-refractivity contribution in [2.24, 2.45) is 17.6 Å². The van der Waals surface area contributed by atoms with Crippen LogP contribution in [0.5, 0.6) is 0 Å². The first-order valence-corrected chi connectivity index (χ1v) is 10.0. The number of aryl methyl sites for hydroxylation is 2. The van der Waals surface area contributed by atoms with Gasteiger partial charge < -0.3 is 25.5 Å². The van der Waals surface area contributed by atoms with E-state index in [1.807, 2.05) is 32.1 Å². The molecule has 4 atom stereocenters. The smallest absolute Gasteiger partial charge is 0.220 e. The summed E-state index contributed by atoms with van der Waals surface area (Å²) in [5, 5.41) is 31.9. The highest BCUT2D eigenvalue weighted by molar-refractivity contribution is 5.77. The number of rotatable bonds is 10. The molecule has 2 unspecified atom stereocenters. The number of carbonyl (C=O) groups excluding carboxylic acids is 1. The van der Waals surface area contributed by atoms with Crippen molar-refractivity contribution in [1.82, 2.24) is 0 Å². The molecule has 0 spiro atoms. The van der Waals surface area contributed by atoms with E-state index in [4.69, 9.17) is 10.2 Å². The van der Waals surface area contributed by atoms with Crippen molar-refractivity contribution in [2.75, 3.05) is 0 Å². The molecule has 1 aromatic rings. The number of nitrogens with two attached hydrogens (primary N) is 1. The number of allylic oxidation sites excluding steroid dienone is 3. The summed E-state index contributed by atoms with van der Waals surface area (Å²) in [6.07, 6.45) is 9.87. The molecule has 28 heavy (non-hydrogen) atoms. The van der Waals surface area contributed by atoms with E-state index < -0.39 is 29.4 Å². The Labute approximate surface area is 166 Å². The summed E-state index contributed by atoms with van der Waals surface area (Å²) < 4.78 is 5.27. The van der Waals surface area contributed by atoms with Crippen LogP contribution in [0.15, 0.2) is 40.7 Å². The second-order valence-electron chi connectivity index (χ2n) is 7.76. The first kappa shape index (κ1) is 22.2. The molecule has 1 saturated carbocycles. The molecule has 2 rings (SSSR count). The zero-order valence-corrected chi connectivity index (χ0v) is 16.8. The van der Waals surface area contributed by atoms with Gasteiger partial charge >= 0.3 is 0 Å². The zero-order valence-electron chi connectivity index (χ0n) is 16.8. The molecule has 1 aliphatic rings. The number of carbonyl (C=O) groups is 1. The van der Waals surface area contributed by atoms with Crippen LogP contribution in [0.4, 0.5) is 0 Å². The van der Waals surface area contributed by atoms with Crippen molar-refractivity contribution in [3.63, 3.8) is 0 Å². The van der Waals surface area contributed by atoms with Crippen molar-refractivity contribution >= 4 is 5.91 Å². The van der Waals surface area contributed by atoms with Crippen LogP contribution in [0.2, 0.25) is 0 Å². The number of aliphatic hydroxyl groups excluding tert-OH is 2. The molecular weight excluding hydrogens is 358 g/mol. The van der Waals surface area contributed by atoms with Crippen molar-refractivity contribution in [3.8, 4) is 0 Å². The number of unbranched alkanes of at least 4 members (excludes halogenated alkanes) is 1. The maximum absolute atomic E-state index is 12.0. The van der Waals surface area contributed by atoms with E-state index in [-0.39, 0.29) is 18.6 Å². The lowest BCUT2D eigenvalue weighted by Gasteiger charge is -2.33. The number of hydrogen-bond acceptors (Lipinski definition) is 5. The third kappa shape index (κ3) is 5.26. The predicted octanol–water partition coefficient (Wildman–Crippen LogP) is 3.31. The Balaban J connectivity index is 2.07. The third-order valence-electron chi connectivity index (χ3n) is 5.82. The molecule has 6 nitrogen and oxygen atoms in total. The van der Waals surface area contributed by atoms with Gasteiger partial charge in [-0.05, 0) is 70.1 Å². The van der Waals surface area contributed by atoms with Gasteiger partial charge in [-0.25, -0.2) is 0 Å². The van der Waals surface area contributed by atoms with Gasteiger partial charge in [-0.1, -0.05) is 12.2 Å². The molecule has 156 valence electrons. The van der Waals surface area contributed by atoms with Gasteiger partial charge in [0.15, 0.2) is 0 Å². The fourth-order valence-electron chi connectivity index (χ4n) is 4.24. The Morgan fingerprint density at radius 1 is 1.46 bits per heavy atom. The summed E-state index contributed by atoms with van der Waals surface area (Å²) in [6, 6.07) is 1.93. The van der Waals surface area contributed by atoms with Crippen LogP contribution < -0.4 is 5.73 Å². The first-order valence-electron chi connectivity index (χ1n) is 10.0. The monoisotopic (exact) mass is 391 g/mol. The Morgan fingerprint density at radius 2 is 2.21 bits per heavy atom. The molecule has 1 fully saturated rings. The standard InChI is InChI=1S/C22H33NO5/c1-3-4-5-9-18(21(23)26)19-13-17(24)14-22(19,27)20(25)10-7-6-8-16-11-12-28-15(16)2/h3-4,10-12,17-19,24-25,27H,5-9,13-14H2,1-2H3,(H2,23,26)/b4-3?,20-10+/t17-,18?,19?,22-/m1/s1. The van der Waals surface area contributed by atoms with Crippen molar-refractivity contribution < 1.29 is 24.5 Å². The molecule has 1 heterocycles. The average Bonchev–Trinajstić information content (AvgIpc) is 3.18. The van der Waals surface area contributed by atoms with Gasteiger partial charge in [0.25, 0.3) is 0 Å². The number of aliphatic hydroxyl groups is 3. The summed E-state index contributed by atoms with van der Waals surface area (Å²) >= 11 is 0. The highest BCUT2D eigenvalue weighted by Gasteiger charge is 2.52. The van der Waals surface area contributed by atoms with Gasteiger partial charge in [-0.2, -0.15) is 0 Å². The maximum Gasteiger partial charge on any atom is 0.220 e. The molecule has 1 amide bonds. The minimum absolute atomic E-state index is 0.00817. The van der Waals surface area contributed by atoms with Crippen LogP contribution in [0, 0.1) is 18.8 Å². The highest BCUT2D eigenvalue weighted by atomic mass is 16.3. The van der Waals surface area contributed by atoms with Crippen LogP contribution in [-0.4, -0.2) is 32.9 Å². The number of furan rings is 1. The Kier molecular flexibility index (Phi) is 7.89. The number of hydrogen-bond donors (Lipinski definition) is 4. The van der Waals surface area contributed by atoms with Crippen LogP contribution in [0.25, 0.3) is 0 Å². The van der Waals surface area contributed by atoms with E-state index in [1.165, 1.54) is 0 Å². The summed E-state index contributed by atoms with van der Waals surface area (Å²) in [5.41, 5.74) is 5.09. The predicted molar refractivity (Wildman–Crippen MR) is 108 cm³/mol. The lowest BCUT2D eigenvalue weighted by Crippen LogP contribution is -2.44. The van der Waals surface area contributed by atoms with Crippen LogP contribution in [0.3, 0.4) is 0 Å². The number of primary amides is 1. The van der Waals surface area contributed by atoms with Crippen molar-refractivity contribution in [1.29, 1.82) is 0 Å². The van der Waals surface area contributed by atoms with E-state index in [2.05, 4.69) is 0 Å². The normalized spacial score (nSPS) is 26.8. The second kappa shape index (κ2) is 9.94. The third-order valence-corrected chi connectivity index (χ3v) is 5.82. The van der Waals surface area contributed by atoms with Gasteiger partial charge in [0, 0.05) is 18.3 Å². The van der Waals surface area contributed by atoms with E-state index in [0.29, 0.717) is 19.3 Å². The molecular formula is C22H33NO5. The molecule has 0 aliphatic heterocycles. The summed E-state index contributed by atoms with van der Waals surface area (Å²) in [7, 11) is 0. The lowest BCUT2D eigenvalue weighted by molar-refractivity contribution is -0.127. The Bertz CT molecular complexity index is 708. The average molecular weight is 392 g/mol. The van der Waals surface area contributed by atoms with Gasteiger partial charge in [-0.15, -0.1) is 0 Å². The van der Waals surface area contributed by atoms with E-state index in [1.54, 1.807) is 12.3 Å². The fraction of sp³-hybridized carbons (Fsp3) is 0.591. The Hall–Kier alpha value is -2.05. The molecule has 5 N–H and O–H groups in total. The largest absolute Gasteiger partial charge is 0.510 e. The van der Waals surface area contributed by atoms with Crippen LogP contribution >= 0.6 is 0 Å². The van der Waals surface area contributed by atoms with Gasteiger partial charge in [-0.3, -0.25) is 4.79 Å². The topological polar surface area (TPSA) is 117 Å². The quantitative estimate of drug-likeness (QED) is 0.277. The highest BCUT2D eigenvalue weighted by Crippen LogP contribution is 2.45. The second-order valence-corrected chi connectivity index (χ2v) is 7.76. The minimum atomic E-state index is -1.62. The lowest BCUT2D eigenvalue weighted by atomic mass is 9.76. The van der Waals surface area contributed by atoms with Gasteiger partial charge in [0.2, 0.25) is 5.91 Å². The molecule has 6 heteroatoms. The Morgan fingerprint density at radius 3 is 2.82 bits per heavy atom. The van der Waals surface area contributed by atoms with Gasteiger partial charge in [0.05, 0.1) is 12.4 Å². The minimum Gasteiger partial charge on any atom is -0.510 e. The number of amides is 1. The summed E-state index contributed by atoms with van der Waals surface area (Å²) in [5.74, 6) is -1.00. The fourth-order valence-corrected chi connectivity index (χ4v) is 4.24. The van der Waals surface area contributed by atoms with Crippen molar-refractivity contribution in [3.05, 3.63) is 47.6 Å². The van der Waals surface area contributed by atoms with Crippen molar-refractivity contribution in [2.45, 2.75) is 70.5 Å². The van der Waals surface area contributed by atoms with E-state index in [9.17, 15) is 20.1 Å². The van der Waals surface area contributed by atoms with Crippen LogP contribution in [0.1, 0.15) is 56.8 Å². The van der Waals surface area contributed by atoms with E-state index in [0.717, 1.165) is 24.2 Å². The van der Waals surface area contributed by atoms with Crippen LogP contribution in [-0.2, 0) is 11.2 Å². The molecule has 0 saturated heterocycles. The summed E-state index contributed by atoms with van der Waals surface area (Å²) in [6.45, 7) is 3.81. The first-order chi connectivity index (χ1) is 13.3. The maximum atomic E-state index is 12.0. The molecule has 0 radical (unpaired) electrons. The molecule has 1 aliphatic carbocycles. The molecule has 0 bridgehead atoms. The van der Waals surface area contributed by atoms with Gasteiger partial charge in [0.1, 0.15) is 17.1 Å².